The maximum Gasteiger partial charge on any atom is 0.490 e. The van der Waals surface area contributed by atoms with Crippen LogP contribution in [0.4, 0.5) is 19.0 Å². The van der Waals surface area contributed by atoms with Gasteiger partial charge in [-0.15, -0.1) is 0 Å². The van der Waals surface area contributed by atoms with Gasteiger partial charge in [-0.25, -0.2) is 9.78 Å². The van der Waals surface area contributed by atoms with E-state index in [9.17, 15) is 13.2 Å². The number of pyridine rings is 1. The van der Waals surface area contributed by atoms with Gasteiger partial charge >= 0.3 is 12.1 Å². The van der Waals surface area contributed by atoms with Crippen molar-refractivity contribution < 1.29 is 23.1 Å². The minimum Gasteiger partial charge on any atom is -0.475 e. The number of carboxylic acids is 1. The first kappa shape index (κ1) is 16.2. The number of aliphatic carboxylic acids is 1. The van der Waals surface area contributed by atoms with E-state index in [1.54, 1.807) is 0 Å². The second-order valence-electron chi connectivity index (χ2n) is 4.36. The zero-order valence-corrected chi connectivity index (χ0v) is 10.9. The summed E-state index contributed by atoms with van der Waals surface area (Å²) in [6, 6.07) is 4.67. The molecule has 1 fully saturated rings. The topological polar surface area (TPSA) is 74.2 Å². The highest BCUT2D eigenvalue weighted by molar-refractivity contribution is 5.73. The highest BCUT2D eigenvalue weighted by Crippen LogP contribution is 2.13. The van der Waals surface area contributed by atoms with Crippen LogP contribution in [0.1, 0.15) is 12.0 Å². The molecule has 0 spiro atoms. The van der Waals surface area contributed by atoms with E-state index in [4.69, 9.17) is 9.90 Å². The third kappa shape index (κ3) is 5.87. The lowest BCUT2D eigenvalue weighted by molar-refractivity contribution is -0.192. The number of carbonyl (C=O) groups is 1. The summed E-state index contributed by atoms with van der Waals surface area (Å²) >= 11 is 0. The van der Waals surface area contributed by atoms with E-state index in [2.05, 4.69) is 21.7 Å². The van der Waals surface area contributed by atoms with E-state index in [-0.39, 0.29) is 0 Å². The quantitative estimate of drug-likeness (QED) is 0.775. The summed E-state index contributed by atoms with van der Waals surface area (Å²) in [7, 11) is 0. The number of hydrogen-bond acceptors (Lipinski definition) is 4. The summed E-state index contributed by atoms with van der Waals surface area (Å²) in [5.74, 6) is -1.77. The number of anilines is 1. The number of carboxylic acid groups (broad SMARTS) is 1. The van der Waals surface area contributed by atoms with Crippen molar-refractivity contribution in [1.82, 2.24) is 10.3 Å². The lowest BCUT2D eigenvalue weighted by Gasteiger charge is -2.11. The summed E-state index contributed by atoms with van der Waals surface area (Å²) < 4.78 is 31.7. The normalized spacial score (nSPS) is 18.1. The van der Waals surface area contributed by atoms with Gasteiger partial charge in [0, 0.05) is 18.8 Å². The Morgan fingerprint density at radius 2 is 2.15 bits per heavy atom. The number of rotatable bonds is 2. The van der Waals surface area contributed by atoms with Crippen LogP contribution in [0.5, 0.6) is 0 Å². The summed E-state index contributed by atoms with van der Waals surface area (Å²) in [5, 5.41) is 13.8. The van der Waals surface area contributed by atoms with Crippen molar-refractivity contribution in [1.29, 1.82) is 0 Å². The van der Waals surface area contributed by atoms with Crippen LogP contribution in [0.15, 0.2) is 18.3 Å². The van der Waals surface area contributed by atoms with Crippen molar-refractivity contribution in [3.63, 3.8) is 0 Å². The smallest absolute Gasteiger partial charge is 0.475 e. The molecule has 1 saturated heterocycles. The number of hydrogen-bond donors (Lipinski definition) is 3. The van der Waals surface area contributed by atoms with Crippen molar-refractivity contribution in [3.8, 4) is 0 Å². The van der Waals surface area contributed by atoms with Crippen LogP contribution in [-0.2, 0) is 4.79 Å². The fourth-order valence-corrected chi connectivity index (χ4v) is 1.54. The first-order chi connectivity index (χ1) is 9.29. The van der Waals surface area contributed by atoms with Crippen molar-refractivity contribution in [2.45, 2.75) is 25.6 Å². The Kier molecular flexibility index (Phi) is 5.75. The van der Waals surface area contributed by atoms with Gasteiger partial charge in [-0.1, -0.05) is 6.07 Å². The average Bonchev–Trinajstić information content (AvgIpc) is 2.84. The molecule has 1 aliphatic rings. The Bertz CT molecular complexity index is 429. The lowest BCUT2D eigenvalue weighted by Crippen LogP contribution is -2.22. The Morgan fingerprint density at radius 3 is 2.55 bits per heavy atom. The first-order valence-electron chi connectivity index (χ1n) is 5.99. The first-order valence-corrected chi connectivity index (χ1v) is 5.99. The second kappa shape index (κ2) is 7.09. The minimum absolute atomic E-state index is 0.551. The van der Waals surface area contributed by atoms with E-state index >= 15 is 0 Å². The Labute approximate surface area is 114 Å². The third-order valence-electron chi connectivity index (χ3n) is 2.57. The molecule has 20 heavy (non-hydrogen) atoms. The van der Waals surface area contributed by atoms with Crippen LogP contribution in [0.2, 0.25) is 0 Å². The van der Waals surface area contributed by atoms with Crippen LogP contribution >= 0.6 is 0 Å². The molecule has 5 nitrogen and oxygen atoms in total. The molecule has 0 radical (unpaired) electrons. The van der Waals surface area contributed by atoms with Gasteiger partial charge in [0.1, 0.15) is 5.82 Å². The number of nitrogens with one attached hydrogen (secondary N) is 2. The molecular weight excluding hydrogens is 275 g/mol. The highest BCUT2D eigenvalue weighted by Gasteiger charge is 2.38. The van der Waals surface area contributed by atoms with Gasteiger partial charge in [0.2, 0.25) is 0 Å². The van der Waals surface area contributed by atoms with Crippen molar-refractivity contribution in [3.05, 3.63) is 23.9 Å². The molecule has 112 valence electrons. The summed E-state index contributed by atoms with van der Waals surface area (Å²) in [6.07, 6.45) is -2.00. The SMILES string of the molecule is Cc1ccc(N[C@@H]2CCNC2)nc1.O=C(O)C(F)(F)F. The molecule has 0 bridgehead atoms. The molecule has 3 N–H and O–H groups in total. The van der Waals surface area contributed by atoms with Crippen molar-refractivity contribution in [2.24, 2.45) is 0 Å². The van der Waals surface area contributed by atoms with Crippen molar-refractivity contribution in [2.75, 3.05) is 18.4 Å². The number of alkyl halides is 3. The molecule has 1 aliphatic heterocycles. The highest BCUT2D eigenvalue weighted by atomic mass is 19.4. The molecule has 8 heteroatoms. The average molecular weight is 291 g/mol. The zero-order valence-electron chi connectivity index (χ0n) is 10.9. The maximum atomic E-state index is 10.6. The summed E-state index contributed by atoms with van der Waals surface area (Å²) in [5.41, 5.74) is 1.20. The zero-order chi connectivity index (χ0) is 15.2. The standard InChI is InChI=1S/C10H15N3.C2HF3O2/c1-8-2-3-10(12-6-8)13-9-4-5-11-7-9;3-2(4,5)1(6)7/h2-3,6,9,11H,4-5,7H2,1H3,(H,12,13);(H,6,7)/t9-;/m1./s1. The molecule has 0 aromatic carbocycles. The minimum atomic E-state index is -5.08. The van der Waals surface area contributed by atoms with Gasteiger partial charge in [-0.2, -0.15) is 13.2 Å². The van der Waals surface area contributed by atoms with E-state index in [1.807, 2.05) is 19.2 Å². The lowest BCUT2D eigenvalue weighted by atomic mass is 10.2. The fraction of sp³-hybridized carbons (Fsp3) is 0.500. The van der Waals surface area contributed by atoms with Gasteiger partial charge in [0.05, 0.1) is 0 Å². The van der Waals surface area contributed by atoms with Gasteiger partial charge in [-0.05, 0) is 31.5 Å². The monoisotopic (exact) mass is 291 g/mol. The predicted molar refractivity (Wildman–Crippen MR) is 67.6 cm³/mol. The van der Waals surface area contributed by atoms with Crippen LogP contribution < -0.4 is 10.6 Å². The van der Waals surface area contributed by atoms with Gasteiger partial charge < -0.3 is 15.7 Å². The summed E-state index contributed by atoms with van der Waals surface area (Å²) in [4.78, 5) is 13.2. The second-order valence-corrected chi connectivity index (χ2v) is 4.36. The fourth-order valence-electron chi connectivity index (χ4n) is 1.54. The van der Waals surface area contributed by atoms with Crippen LogP contribution in [-0.4, -0.2) is 41.4 Å². The van der Waals surface area contributed by atoms with Gasteiger partial charge in [0.15, 0.2) is 0 Å². The van der Waals surface area contributed by atoms with E-state index in [0.29, 0.717) is 6.04 Å². The number of aromatic nitrogens is 1. The van der Waals surface area contributed by atoms with Gasteiger partial charge in [0.25, 0.3) is 0 Å². The Hall–Kier alpha value is -1.83. The molecule has 2 heterocycles. The number of aryl methyl sites for hydroxylation is 1. The molecule has 0 aliphatic carbocycles. The van der Waals surface area contributed by atoms with E-state index in [0.717, 1.165) is 18.9 Å². The molecule has 1 aromatic rings. The van der Waals surface area contributed by atoms with E-state index in [1.165, 1.54) is 12.0 Å². The molecule has 0 unspecified atom stereocenters. The molecular formula is C12H16F3N3O2. The molecule has 0 amide bonds. The number of nitrogens with zero attached hydrogens (tertiary/aromatic N) is 1. The van der Waals surface area contributed by atoms with Crippen LogP contribution in [0.25, 0.3) is 0 Å². The van der Waals surface area contributed by atoms with Gasteiger partial charge in [-0.3, -0.25) is 0 Å². The molecule has 1 atom stereocenters. The largest absolute Gasteiger partial charge is 0.490 e. The third-order valence-corrected chi connectivity index (χ3v) is 2.57. The Morgan fingerprint density at radius 1 is 1.50 bits per heavy atom. The van der Waals surface area contributed by atoms with Crippen molar-refractivity contribution >= 4 is 11.8 Å². The predicted octanol–water partition coefficient (Wildman–Crippen LogP) is 1.80. The molecule has 2 rings (SSSR count). The molecule has 0 saturated carbocycles. The van der Waals surface area contributed by atoms with Crippen LogP contribution in [0, 0.1) is 6.92 Å². The summed E-state index contributed by atoms with van der Waals surface area (Å²) in [6.45, 7) is 4.22. The Balaban J connectivity index is 0.000000246. The maximum absolute atomic E-state index is 10.6. The van der Waals surface area contributed by atoms with Crippen LogP contribution in [0.3, 0.4) is 0 Å². The van der Waals surface area contributed by atoms with E-state index < -0.39 is 12.1 Å². The molecule has 1 aromatic heterocycles. The number of halogens is 3.